The molecule has 0 aliphatic carbocycles. The van der Waals surface area contributed by atoms with Crippen LogP contribution in [0.3, 0.4) is 0 Å². The SMILES string of the molecule is COCCn1cc(S(N)(=O)=O)cc1C(=O)N1CCOCC1. The number of rotatable bonds is 5. The quantitative estimate of drug-likeness (QED) is 0.770. The molecule has 118 valence electrons. The second-order valence-electron chi connectivity index (χ2n) is 4.70. The normalized spacial score (nSPS) is 16.2. The molecule has 1 saturated heterocycles. The van der Waals surface area contributed by atoms with Gasteiger partial charge in [0.05, 0.1) is 19.8 Å². The molecule has 9 heteroatoms. The third-order valence-corrected chi connectivity index (χ3v) is 4.13. The summed E-state index contributed by atoms with van der Waals surface area (Å²) in [5.41, 5.74) is 0.290. The van der Waals surface area contributed by atoms with E-state index < -0.39 is 10.0 Å². The Balaban J connectivity index is 2.30. The first kappa shape index (κ1) is 16.0. The van der Waals surface area contributed by atoms with Gasteiger partial charge in [0.2, 0.25) is 10.0 Å². The molecule has 0 atom stereocenters. The summed E-state index contributed by atoms with van der Waals surface area (Å²) in [6.45, 7) is 2.66. The number of nitrogens with zero attached hydrogens (tertiary/aromatic N) is 2. The van der Waals surface area contributed by atoms with Crippen molar-refractivity contribution in [2.45, 2.75) is 11.4 Å². The fourth-order valence-corrected chi connectivity index (χ4v) is 2.67. The van der Waals surface area contributed by atoms with E-state index in [4.69, 9.17) is 14.6 Å². The van der Waals surface area contributed by atoms with E-state index in [1.165, 1.54) is 19.4 Å². The van der Waals surface area contributed by atoms with Gasteiger partial charge in [-0.25, -0.2) is 13.6 Å². The summed E-state index contributed by atoms with van der Waals surface area (Å²) in [5.74, 6) is -0.232. The highest BCUT2D eigenvalue weighted by Gasteiger charge is 2.24. The van der Waals surface area contributed by atoms with Crippen molar-refractivity contribution in [3.05, 3.63) is 18.0 Å². The van der Waals surface area contributed by atoms with E-state index in [1.807, 2.05) is 0 Å². The molecule has 1 aliphatic rings. The number of aromatic nitrogens is 1. The molecule has 0 aromatic carbocycles. The Labute approximate surface area is 123 Å². The van der Waals surface area contributed by atoms with E-state index in [9.17, 15) is 13.2 Å². The second kappa shape index (κ2) is 6.56. The lowest BCUT2D eigenvalue weighted by Gasteiger charge is -2.27. The monoisotopic (exact) mass is 317 g/mol. The second-order valence-corrected chi connectivity index (χ2v) is 6.26. The number of sulfonamides is 1. The molecular formula is C12H19N3O5S. The zero-order chi connectivity index (χ0) is 15.5. The standard InChI is InChI=1S/C12H19N3O5S/c1-19-5-2-15-9-10(21(13,17)18)8-11(15)12(16)14-3-6-20-7-4-14/h8-9H,2-7H2,1H3,(H2,13,17,18). The van der Waals surface area contributed by atoms with E-state index in [-0.39, 0.29) is 16.5 Å². The van der Waals surface area contributed by atoms with Gasteiger partial charge in [-0.15, -0.1) is 0 Å². The van der Waals surface area contributed by atoms with E-state index in [0.29, 0.717) is 39.5 Å². The molecule has 2 heterocycles. The summed E-state index contributed by atoms with van der Waals surface area (Å²) in [6.07, 6.45) is 1.36. The molecule has 1 amide bonds. The summed E-state index contributed by atoms with van der Waals surface area (Å²) in [4.78, 5) is 14.1. The van der Waals surface area contributed by atoms with Gasteiger partial charge in [0, 0.05) is 32.9 Å². The Morgan fingerprint density at radius 2 is 2.10 bits per heavy atom. The minimum atomic E-state index is -3.85. The van der Waals surface area contributed by atoms with E-state index in [1.54, 1.807) is 9.47 Å². The molecular weight excluding hydrogens is 298 g/mol. The van der Waals surface area contributed by atoms with Gasteiger partial charge in [0.1, 0.15) is 10.6 Å². The Morgan fingerprint density at radius 3 is 2.67 bits per heavy atom. The number of carbonyl (C=O) groups is 1. The summed E-state index contributed by atoms with van der Waals surface area (Å²) < 4.78 is 34.7. The average Bonchev–Trinajstić information content (AvgIpc) is 2.89. The largest absolute Gasteiger partial charge is 0.383 e. The summed E-state index contributed by atoms with van der Waals surface area (Å²) in [6, 6.07) is 1.31. The van der Waals surface area contributed by atoms with Gasteiger partial charge in [0.15, 0.2) is 0 Å². The summed E-state index contributed by atoms with van der Waals surface area (Å²) in [7, 11) is -2.32. The van der Waals surface area contributed by atoms with Crippen LogP contribution in [0.1, 0.15) is 10.5 Å². The maximum atomic E-state index is 12.5. The first-order chi connectivity index (χ1) is 9.93. The van der Waals surface area contributed by atoms with Crippen LogP contribution in [0.25, 0.3) is 0 Å². The van der Waals surface area contributed by atoms with Crippen LogP contribution in [0.2, 0.25) is 0 Å². The Kier molecular flexibility index (Phi) is 4.99. The van der Waals surface area contributed by atoms with Crippen molar-refractivity contribution < 1.29 is 22.7 Å². The molecule has 21 heavy (non-hydrogen) atoms. The average molecular weight is 317 g/mol. The van der Waals surface area contributed by atoms with Crippen LogP contribution in [0.15, 0.2) is 17.2 Å². The minimum Gasteiger partial charge on any atom is -0.383 e. The minimum absolute atomic E-state index is 0.0739. The number of hydrogen-bond acceptors (Lipinski definition) is 5. The van der Waals surface area contributed by atoms with Crippen LogP contribution >= 0.6 is 0 Å². The zero-order valence-corrected chi connectivity index (χ0v) is 12.6. The Morgan fingerprint density at radius 1 is 1.43 bits per heavy atom. The number of morpholine rings is 1. The van der Waals surface area contributed by atoms with Gasteiger partial charge in [-0.05, 0) is 6.07 Å². The smallest absolute Gasteiger partial charge is 0.270 e. The molecule has 2 N–H and O–H groups in total. The Bertz CT molecular complexity index is 604. The van der Waals surface area contributed by atoms with Crippen molar-refractivity contribution in [1.82, 2.24) is 9.47 Å². The third kappa shape index (κ3) is 3.82. The molecule has 0 spiro atoms. The lowest BCUT2D eigenvalue weighted by molar-refractivity contribution is 0.0295. The highest BCUT2D eigenvalue weighted by atomic mass is 32.2. The number of carbonyl (C=O) groups excluding carboxylic acids is 1. The predicted molar refractivity (Wildman–Crippen MR) is 74.4 cm³/mol. The molecule has 1 fully saturated rings. The number of methoxy groups -OCH3 is 1. The van der Waals surface area contributed by atoms with Crippen LogP contribution in [0.4, 0.5) is 0 Å². The van der Waals surface area contributed by atoms with Gasteiger partial charge in [-0.3, -0.25) is 4.79 Å². The molecule has 0 bridgehead atoms. The highest BCUT2D eigenvalue weighted by molar-refractivity contribution is 7.89. The van der Waals surface area contributed by atoms with Gasteiger partial charge in [-0.2, -0.15) is 0 Å². The highest BCUT2D eigenvalue weighted by Crippen LogP contribution is 2.16. The van der Waals surface area contributed by atoms with Crippen molar-refractivity contribution in [2.75, 3.05) is 40.0 Å². The van der Waals surface area contributed by atoms with E-state index in [0.717, 1.165) is 0 Å². The lowest BCUT2D eigenvalue weighted by atomic mass is 10.3. The van der Waals surface area contributed by atoms with Crippen LogP contribution in [-0.4, -0.2) is 63.8 Å². The number of hydrogen-bond donors (Lipinski definition) is 1. The third-order valence-electron chi connectivity index (χ3n) is 3.25. The molecule has 2 rings (SSSR count). The molecule has 1 aromatic rings. The summed E-state index contributed by atoms with van der Waals surface area (Å²) >= 11 is 0. The molecule has 0 radical (unpaired) electrons. The van der Waals surface area contributed by atoms with E-state index >= 15 is 0 Å². The molecule has 1 aromatic heterocycles. The molecule has 0 saturated carbocycles. The first-order valence-corrected chi connectivity index (χ1v) is 8.07. The maximum Gasteiger partial charge on any atom is 0.270 e. The van der Waals surface area contributed by atoms with Crippen LogP contribution in [-0.2, 0) is 26.0 Å². The predicted octanol–water partition coefficient (Wildman–Crippen LogP) is -0.746. The molecule has 8 nitrogen and oxygen atoms in total. The first-order valence-electron chi connectivity index (χ1n) is 6.52. The fraction of sp³-hybridized carbons (Fsp3) is 0.583. The number of primary sulfonamides is 1. The van der Waals surface area contributed by atoms with Crippen molar-refractivity contribution in [3.63, 3.8) is 0 Å². The van der Waals surface area contributed by atoms with E-state index in [2.05, 4.69) is 0 Å². The van der Waals surface area contributed by atoms with Gasteiger partial charge >= 0.3 is 0 Å². The van der Waals surface area contributed by atoms with Crippen molar-refractivity contribution in [2.24, 2.45) is 5.14 Å². The van der Waals surface area contributed by atoms with Gasteiger partial charge < -0.3 is 18.9 Å². The van der Waals surface area contributed by atoms with Crippen LogP contribution in [0, 0.1) is 0 Å². The number of nitrogens with two attached hydrogens (primary N) is 1. The fourth-order valence-electron chi connectivity index (χ4n) is 2.12. The number of ether oxygens (including phenoxy) is 2. The van der Waals surface area contributed by atoms with Crippen molar-refractivity contribution >= 4 is 15.9 Å². The zero-order valence-electron chi connectivity index (χ0n) is 11.8. The maximum absolute atomic E-state index is 12.5. The van der Waals surface area contributed by atoms with Crippen LogP contribution < -0.4 is 5.14 Å². The van der Waals surface area contributed by atoms with Crippen LogP contribution in [0.5, 0.6) is 0 Å². The van der Waals surface area contributed by atoms with Gasteiger partial charge in [-0.1, -0.05) is 0 Å². The Hall–Kier alpha value is -1.42. The van der Waals surface area contributed by atoms with Crippen molar-refractivity contribution in [1.29, 1.82) is 0 Å². The number of amides is 1. The molecule has 1 aliphatic heterocycles. The summed E-state index contributed by atoms with van der Waals surface area (Å²) in [5, 5.41) is 5.13. The lowest BCUT2D eigenvalue weighted by Crippen LogP contribution is -2.41. The van der Waals surface area contributed by atoms with Crippen molar-refractivity contribution in [3.8, 4) is 0 Å². The topological polar surface area (TPSA) is 104 Å². The molecule has 0 unspecified atom stereocenters. The van der Waals surface area contributed by atoms with Gasteiger partial charge in [0.25, 0.3) is 5.91 Å².